The summed E-state index contributed by atoms with van der Waals surface area (Å²) in [5.74, 6) is 2.13. The topological polar surface area (TPSA) is 89.9 Å². The van der Waals surface area contributed by atoms with Gasteiger partial charge in [-0.1, -0.05) is 11.6 Å². The molecule has 28 heavy (non-hydrogen) atoms. The molecule has 3 rings (SSSR count). The van der Waals surface area contributed by atoms with Gasteiger partial charge in [0.05, 0.1) is 23.1 Å². The lowest BCUT2D eigenvalue weighted by molar-refractivity contribution is 0.304. The molecular weight excluding hydrogens is 400 g/mol. The van der Waals surface area contributed by atoms with Crippen LogP contribution in [0.2, 0.25) is 5.02 Å². The Labute approximate surface area is 172 Å². The highest BCUT2D eigenvalue weighted by Crippen LogP contribution is 2.25. The number of pyridine rings is 1. The fourth-order valence-corrected chi connectivity index (χ4v) is 4.99. The summed E-state index contributed by atoms with van der Waals surface area (Å²) in [5, 5.41) is 7.46. The second-order valence-electron chi connectivity index (χ2n) is 7.14. The van der Waals surface area contributed by atoms with Crippen molar-refractivity contribution in [2.45, 2.75) is 19.4 Å². The van der Waals surface area contributed by atoms with Gasteiger partial charge in [-0.3, -0.25) is 9.89 Å². The predicted octanol–water partition coefficient (Wildman–Crippen LogP) is 0.599. The van der Waals surface area contributed by atoms with Crippen LogP contribution in [-0.2, 0) is 9.84 Å². The molecule has 8 nitrogen and oxygen atoms in total. The molecule has 2 aliphatic rings. The molecule has 10 heteroatoms. The van der Waals surface area contributed by atoms with Gasteiger partial charge in [0.2, 0.25) is 0 Å². The molecule has 2 saturated heterocycles. The van der Waals surface area contributed by atoms with Gasteiger partial charge in [-0.15, -0.1) is 0 Å². The number of aliphatic imine (C=N–C) groups is 1. The van der Waals surface area contributed by atoms with E-state index < -0.39 is 9.84 Å². The number of halogens is 1. The maximum Gasteiger partial charge on any atom is 0.191 e. The van der Waals surface area contributed by atoms with Crippen molar-refractivity contribution >= 4 is 33.2 Å². The van der Waals surface area contributed by atoms with Gasteiger partial charge < -0.3 is 15.5 Å². The summed E-state index contributed by atoms with van der Waals surface area (Å²) in [7, 11) is -2.83. The van der Waals surface area contributed by atoms with Crippen molar-refractivity contribution in [1.29, 1.82) is 0 Å². The Hall–Kier alpha value is -1.58. The molecule has 0 amide bonds. The van der Waals surface area contributed by atoms with Crippen LogP contribution in [0.3, 0.4) is 0 Å². The summed E-state index contributed by atoms with van der Waals surface area (Å²) >= 11 is 6.26. The van der Waals surface area contributed by atoms with Crippen molar-refractivity contribution < 1.29 is 8.42 Å². The first-order chi connectivity index (χ1) is 13.5. The van der Waals surface area contributed by atoms with Gasteiger partial charge in [0.25, 0.3) is 0 Å². The third-order valence-electron chi connectivity index (χ3n) is 5.04. The molecule has 0 saturated carbocycles. The van der Waals surface area contributed by atoms with E-state index in [9.17, 15) is 8.42 Å². The monoisotopic (exact) mass is 428 g/mol. The summed E-state index contributed by atoms with van der Waals surface area (Å²) in [6, 6.07) is 3.98. The zero-order chi connectivity index (χ0) is 20.0. The van der Waals surface area contributed by atoms with Crippen LogP contribution in [0.15, 0.2) is 23.3 Å². The minimum Gasteiger partial charge on any atom is -0.357 e. The summed E-state index contributed by atoms with van der Waals surface area (Å²) < 4.78 is 23.0. The molecule has 0 bridgehead atoms. The second kappa shape index (κ2) is 9.76. The Kier molecular flexibility index (Phi) is 7.36. The zero-order valence-corrected chi connectivity index (χ0v) is 17.8. The molecule has 1 aromatic rings. The molecule has 3 heterocycles. The third-order valence-corrected chi connectivity index (χ3v) is 6.94. The van der Waals surface area contributed by atoms with Crippen LogP contribution in [-0.4, -0.2) is 87.6 Å². The number of hydrogen-bond donors (Lipinski definition) is 2. The highest BCUT2D eigenvalue weighted by atomic mass is 35.5. The molecule has 0 aliphatic carbocycles. The van der Waals surface area contributed by atoms with Crippen molar-refractivity contribution in [2.75, 3.05) is 62.2 Å². The van der Waals surface area contributed by atoms with Crippen LogP contribution < -0.4 is 15.5 Å². The van der Waals surface area contributed by atoms with Crippen LogP contribution in [0, 0.1) is 0 Å². The highest BCUT2D eigenvalue weighted by molar-refractivity contribution is 7.91. The van der Waals surface area contributed by atoms with E-state index in [-0.39, 0.29) is 17.5 Å². The third kappa shape index (κ3) is 5.96. The average molecular weight is 429 g/mol. The van der Waals surface area contributed by atoms with E-state index in [1.807, 2.05) is 19.1 Å². The molecule has 0 spiro atoms. The maximum atomic E-state index is 11.5. The average Bonchev–Trinajstić information content (AvgIpc) is 3.12. The van der Waals surface area contributed by atoms with Crippen molar-refractivity contribution in [1.82, 2.24) is 20.5 Å². The minimum absolute atomic E-state index is 0.253. The highest BCUT2D eigenvalue weighted by Gasteiger charge is 2.25. The molecule has 0 radical (unpaired) electrons. The summed E-state index contributed by atoms with van der Waals surface area (Å²) in [6.07, 6.45) is 2.75. The number of rotatable bonds is 6. The van der Waals surface area contributed by atoms with Crippen molar-refractivity contribution in [3.05, 3.63) is 23.4 Å². The molecule has 2 N–H and O–H groups in total. The molecule has 2 aliphatic heterocycles. The van der Waals surface area contributed by atoms with Crippen LogP contribution in [0.5, 0.6) is 0 Å². The van der Waals surface area contributed by atoms with Gasteiger partial charge in [0, 0.05) is 51.5 Å². The number of guanidine groups is 1. The Morgan fingerprint density at radius 1 is 1.36 bits per heavy atom. The molecule has 1 aromatic heterocycles. The van der Waals surface area contributed by atoms with E-state index in [0.717, 1.165) is 44.4 Å². The first kappa shape index (κ1) is 21.1. The quantitative estimate of drug-likeness (QED) is 0.506. The first-order valence-corrected chi connectivity index (χ1v) is 12.0. The fraction of sp³-hybridized carbons (Fsp3) is 0.667. The zero-order valence-electron chi connectivity index (χ0n) is 16.3. The number of nitrogens with zero attached hydrogens (tertiary/aromatic N) is 4. The number of nitrogens with one attached hydrogen (secondary N) is 2. The Morgan fingerprint density at radius 2 is 2.14 bits per heavy atom. The number of anilines is 1. The lowest BCUT2D eigenvalue weighted by Gasteiger charge is -2.26. The fourth-order valence-electron chi connectivity index (χ4n) is 3.47. The second-order valence-corrected chi connectivity index (χ2v) is 9.85. The van der Waals surface area contributed by atoms with E-state index in [4.69, 9.17) is 11.6 Å². The maximum absolute atomic E-state index is 11.5. The molecule has 2 fully saturated rings. The predicted molar refractivity (Wildman–Crippen MR) is 114 cm³/mol. The van der Waals surface area contributed by atoms with E-state index in [0.29, 0.717) is 24.7 Å². The van der Waals surface area contributed by atoms with Crippen LogP contribution in [0.4, 0.5) is 5.82 Å². The van der Waals surface area contributed by atoms with E-state index in [1.54, 1.807) is 6.20 Å². The standard InChI is InChI=1S/C18H29ClN6O2S/c1-2-20-18(22-7-9-24-10-12-28(26,27)13-11-24)23-15-5-8-25(14-15)17-16(19)4-3-6-21-17/h3-4,6,15H,2,5,7-14H2,1H3,(H2,20,22,23). The normalized spacial score (nSPS) is 23.0. The van der Waals surface area contributed by atoms with Gasteiger partial charge >= 0.3 is 0 Å². The largest absolute Gasteiger partial charge is 0.357 e. The first-order valence-electron chi connectivity index (χ1n) is 9.80. The lowest BCUT2D eigenvalue weighted by Crippen LogP contribution is -2.45. The van der Waals surface area contributed by atoms with Crippen LogP contribution >= 0.6 is 11.6 Å². The smallest absolute Gasteiger partial charge is 0.191 e. The van der Waals surface area contributed by atoms with Gasteiger partial charge in [0.1, 0.15) is 5.82 Å². The van der Waals surface area contributed by atoms with Gasteiger partial charge in [-0.05, 0) is 25.5 Å². The molecule has 156 valence electrons. The van der Waals surface area contributed by atoms with Crippen LogP contribution in [0.1, 0.15) is 13.3 Å². The molecular formula is C18H29ClN6O2S. The van der Waals surface area contributed by atoms with Crippen LogP contribution in [0.25, 0.3) is 0 Å². The Balaban J connectivity index is 1.49. The van der Waals surface area contributed by atoms with Gasteiger partial charge in [-0.25, -0.2) is 13.4 Å². The van der Waals surface area contributed by atoms with Crippen molar-refractivity contribution in [3.8, 4) is 0 Å². The number of sulfone groups is 1. The minimum atomic E-state index is -2.83. The SMILES string of the molecule is CCNC(=NCCN1CCS(=O)(=O)CC1)NC1CCN(c2ncccc2Cl)C1. The molecule has 1 atom stereocenters. The van der Waals surface area contributed by atoms with Gasteiger partial charge in [0.15, 0.2) is 15.8 Å². The van der Waals surface area contributed by atoms with Gasteiger partial charge in [-0.2, -0.15) is 0 Å². The van der Waals surface area contributed by atoms with Crippen molar-refractivity contribution in [2.24, 2.45) is 4.99 Å². The Morgan fingerprint density at radius 3 is 2.86 bits per heavy atom. The molecule has 1 unspecified atom stereocenters. The lowest BCUT2D eigenvalue weighted by atomic mass is 10.3. The summed E-state index contributed by atoms with van der Waals surface area (Å²) in [4.78, 5) is 13.4. The number of hydrogen-bond acceptors (Lipinski definition) is 6. The van der Waals surface area contributed by atoms with E-state index >= 15 is 0 Å². The van der Waals surface area contributed by atoms with E-state index in [1.165, 1.54) is 0 Å². The summed E-state index contributed by atoms with van der Waals surface area (Å²) in [6.45, 7) is 7.16. The van der Waals surface area contributed by atoms with Crippen molar-refractivity contribution in [3.63, 3.8) is 0 Å². The number of aromatic nitrogens is 1. The van der Waals surface area contributed by atoms with E-state index in [2.05, 4.69) is 30.4 Å². The molecule has 0 aromatic carbocycles. The Bertz CT molecular complexity index is 774. The summed E-state index contributed by atoms with van der Waals surface area (Å²) in [5.41, 5.74) is 0.